The van der Waals surface area contributed by atoms with Gasteiger partial charge in [0.2, 0.25) is 0 Å². The van der Waals surface area contributed by atoms with Gasteiger partial charge in [0.15, 0.2) is 0 Å². The second-order valence-corrected chi connectivity index (χ2v) is 2.86. The van der Waals surface area contributed by atoms with Crippen LogP contribution in [-0.4, -0.2) is 18.6 Å². The molecule has 0 amide bonds. The van der Waals surface area contributed by atoms with Gasteiger partial charge in [-0.05, 0) is 6.07 Å². The van der Waals surface area contributed by atoms with Crippen molar-refractivity contribution < 1.29 is 0 Å². The molecule has 0 saturated carbocycles. The average molecular weight is 177 g/mol. The third-order valence-electron chi connectivity index (χ3n) is 1.85. The number of likely N-dealkylation sites (N-methyl/N-ethyl adjacent to an activating group) is 1. The molecule has 0 spiro atoms. The Morgan fingerprint density at radius 1 is 1.69 bits per heavy atom. The van der Waals surface area contributed by atoms with Crippen molar-refractivity contribution in [3.05, 3.63) is 36.5 Å². The Kier molecular flexibility index (Phi) is 3.46. The molecule has 0 bridgehead atoms. The number of hydrogen-bond donors (Lipinski definition) is 1. The van der Waals surface area contributed by atoms with Crippen LogP contribution in [0.4, 0.5) is 5.82 Å². The maximum absolute atomic E-state index is 5.59. The lowest BCUT2D eigenvalue weighted by molar-refractivity contribution is 0.945. The molecule has 1 aromatic rings. The van der Waals surface area contributed by atoms with E-state index in [2.05, 4.69) is 11.6 Å². The van der Waals surface area contributed by atoms with Crippen LogP contribution in [0.1, 0.15) is 5.56 Å². The lowest BCUT2D eigenvalue weighted by Gasteiger charge is -2.18. The Bertz CT molecular complexity index is 283. The summed E-state index contributed by atoms with van der Waals surface area (Å²) in [4.78, 5) is 6.29. The lowest BCUT2D eigenvalue weighted by atomic mass is 10.2. The van der Waals surface area contributed by atoms with Crippen molar-refractivity contribution in [3.63, 3.8) is 0 Å². The summed E-state index contributed by atoms with van der Waals surface area (Å²) in [5, 5.41) is 0. The number of pyridine rings is 1. The minimum absolute atomic E-state index is 0.519. The first-order chi connectivity index (χ1) is 6.29. The SMILES string of the molecule is C=CCN(C)c1ncccc1CN. The maximum Gasteiger partial charge on any atom is 0.133 e. The second-order valence-electron chi connectivity index (χ2n) is 2.86. The molecule has 1 heterocycles. The Balaban J connectivity index is 2.91. The van der Waals surface area contributed by atoms with Gasteiger partial charge in [-0.1, -0.05) is 12.1 Å². The molecule has 1 rings (SSSR count). The van der Waals surface area contributed by atoms with E-state index in [9.17, 15) is 0 Å². The predicted molar refractivity (Wildman–Crippen MR) is 55.6 cm³/mol. The smallest absolute Gasteiger partial charge is 0.133 e. The van der Waals surface area contributed by atoms with Gasteiger partial charge in [0, 0.05) is 31.9 Å². The van der Waals surface area contributed by atoms with E-state index in [1.54, 1.807) is 6.20 Å². The van der Waals surface area contributed by atoms with Crippen LogP contribution in [0.15, 0.2) is 31.0 Å². The van der Waals surface area contributed by atoms with Gasteiger partial charge >= 0.3 is 0 Å². The molecule has 1 aromatic heterocycles. The van der Waals surface area contributed by atoms with E-state index in [1.165, 1.54) is 0 Å². The molecular weight excluding hydrogens is 162 g/mol. The van der Waals surface area contributed by atoms with E-state index in [4.69, 9.17) is 5.73 Å². The summed E-state index contributed by atoms with van der Waals surface area (Å²) in [6, 6.07) is 3.88. The van der Waals surface area contributed by atoms with Crippen LogP contribution < -0.4 is 10.6 Å². The molecule has 0 aliphatic heterocycles. The highest BCUT2D eigenvalue weighted by Gasteiger charge is 2.04. The molecule has 0 saturated heterocycles. The molecule has 0 fully saturated rings. The molecule has 2 N–H and O–H groups in total. The molecule has 13 heavy (non-hydrogen) atoms. The van der Waals surface area contributed by atoms with Gasteiger partial charge in [0.25, 0.3) is 0 Å². The fraction of sp³-hybridized carbons (Fsp3) is 0.300. The van der Waals surface area contributed by atoms with Gasteiger partial charge in [-0.25, -0.2) is 4.98 Å². The maximum atomic E-state index is 5.59. The molecule has 0 aliphatic rings. The van der Waals surface area contributed by atoms with E-state index >= 15 is 0 Å². The van der Waals surface area contributed by atoms with Crippen molar-refractivity contribution in [2.24, 2.45) is 5.73 Å². The Morgan fingerprint density at radius 2 is 2.46 bits per heavy atom. The quantitative estimate of drug-likeness (QED) is 0.702. The number of nitrogens with two attached hydrogens (primary N) is 1. The molecule has 3 nitrogen and oxygen atoms in total. The molecule has 0 unspecified atom stereocenters. The summed E-state index contributed by atoms with van der Waals surface area (Å²) >= 11 is 0. The van der Waals surface area contributed by atoms with E-state index in [0.29, 0.717) is 6.54 Å². The fourth-order valence-electron chi connectivity index (χ4n) is 1.21. The van der Waals surface area contributed by atoms with Crippen molar-refractivity contribution in [1.82, 2.24) is 4.98 Å². The minimum atomic E-state index is 0.519. The number of nitrogens with zero attached hydrogens (tertiary/aromatic N) is 2. The first-order valence-electron chi connectivity index (χ1n) is 4.25. The van der Waals surface area contributed by atoms with Crippen molar-refractivity contribution >= 4 is 5.82 Å². The van der Waals surface area contributed by atoms with Crippen molar-refractivity contribution in [3.8, 4) is 0 Å². The molecule has 0 atom stereocenters. The number of aromatic nitrogens is 1. The highest BCUT2D eigenvalue weighted by atomic mass is 15.2. The standard InChI is InChI=1S/C10H15N3/c1-3-7-13(2)10-9(8-11)5-4-6-12-10/h3-6H,1,7-8,11H2,2H3. The highest BCUT2D eigenvalue weighted by molar-refractivity contribution is 5.46. The summed E-state index contributed by atoms with van der Waals surface area (Å²) in [5.74, 6) is 0.935. The van der Waals surface area contributed by atoms with Crippen molar-refractivity contribution in [2.45, 2.75) is 6.54 Å². The zero-order valence-electron chi connectivity index (χ0n) is 7.90. The van der Waals surface area contributed by atoms with Gasteiger partial charge in [0.1, 0.15) is 5.82 Å². The topological polar surface area (TPSA) is 42.2 Å². The van der Waals surface area contributed by atoms with Crippen molar-refractivity contribution in [1.29, 1.82) is 0 Å². The first-order valence-corrected chi connectivity index (χ1v) is 4.25. The average Bonchev–Trinajstić information content (AvgIpc) is 2.18. The largest absolute Gasteiger partial charge is 0.356 e. The summed E-state index contributed by atoms with van der Waals surface area (Å²) in [5.41, 5.74) is 6.65. The van der Waals surface area contributed by atoms with Crippen LogP contribution in [0.2, 0.25) is 0 Å². The molecule has 70 valence electrons. The van der Waals surface area contributed by atoms with Gasteiger partial charge in [0.05, 0.1) is 0 Å². The van der Waals surface area contributed by atoms with E-state index in [0.717, 1.165) is 17.9 Å². The van der Waals surface area contributed by atoms with E-state index in [1.807, 2.05) is 30.2 Å². The van der Waals surface area contributed by atoms with Crippen molar-refractivity contribution in [2.75, 3.05) is 18.5 Å². The molecule has 0 radical (unpaired) electrons. The predicted octanol–water partition coefficient (Wildman–Crippen LogP) is 1.16. The van der Waals surface area contributed by atoms with Gasteiger partial charge in [-0.15, -0.1) is 6.58 Å². The number of rotatable bonds is 4. The Hall–Kier alpha value is -1.35. The number of hydrogen-bond acceptors (Lipinski definition) is 3. The summed E-state index contributed by atoms with van der Waals surface area (Å²) in [6.07, 6.45) is 3.61. The summed E-state index contributed by atoms with van der Waals surface area (Å²) in [7, 11) is 1.98. The van der Waals surface area contributed by atoms with Gasteiger partial charge in [-0.2, -0.15) is 0 Å². The van der Waals surface area contributed by atoms with E-state index < -0.39 is 0 Å². The molecular formula is C10H15N3. The van der Waals surface area contributed by atoms with Crippen LogP contribution in [0, 0.1) is 0 Å². The first kappa shape index (κ1) is 9.74. The molecule has 0 aromatic carbocycles. The Labute approximate surface area is 78.9 Å². The summed E-state index contributed by atoms with van der Waals surface area (Å²) < 4.78 is 0. The Morgan fingerprint density at radius 3 is 3.08 bits per heavy atom. The van der Waals surface area contributed by atoms with Crippen LogP contribution in [0.5, 0.6) is 0 Å². The zero-order chi connectivity index (χ0) is 9.68. The minimum Gasteiger partial charge on any atom is -0.356 e. The van der Waals surface area contributed by atoms with Crippen LogP contribution in [0.3, 0.4) is 0 Å². The fourth-order valence-corrected chi connectivity index (χ4v) is 1.21. The summed E-state index contributed by atoms with van der Waals surface area (Å²) in [6.45, 7) is 4.98. The third-order valence-corrected chi connectivity index (χ3v) is 1.85. The highest BCUT2D eigenvalue weighted by Crippen LogP contribution is 2.14. The molecule has 3 heteroatoms. The van der Waals surface area contributed by atoms with Crippen LogP contribution in [-0.2, 0) is 6.54 Å². The molecule has 0 aliphatic carbocycles. The van der Waals surface area contributed by atoms with Gasteiger partial charge < -0.3 is 10.6 Å². The zero-order valence-corrected chi connectivity index (χ0v) is 7.90. The van der Waals surface area contributed by atoms with E-state index in [-0.39, 0.29) is 0 Å². The third kappa shape index (κ3) is 2.29. The van der Waals surface area contributed by atoms with Crippen LogP contribution >= 0.6 is 0 Å². The normalized spacial score (nSPS) is 9.69. The second kappa shape index (κ2) is 4.62. The lowest BCUT2D eigenvalue weighted by Crippen LogP contribution is -2.20. The number of anilines is 1. The monoisotopic (exact) mass is 177 g/mol. The van der Waals surface area contributed by atoms with Crippen LogP contribution in [0.25, 0.3) is 0 Å². The van der Waals surface area contributed by atoms with Gasteiger partial charge in [-0.3, -0.25) is 0 Å².